The lowest BCUT2D eigenvalue weighted by Gasteiger charge is -2.38. The van der Waals surface area contributed by atoms with Crippen LogP contribution >= 0.6 is 0 Å². The first-order valence-corrected chi connectivity index (χ1v) is 16.5. The molecule has 0 saturated carbocycles. The predicted octanol–water partition coefficient (Wildman–Crippen LogP) is 9.70. The molecule has 1 aliphatic rings. The van der Waals surface area contributed by atoms with Gasteiger partial charge >= 0.3 is 0 Å². The zero-order valence-electron chi connectivity index (χ0n) is 27.2. The van der Waals surface area contributed by atoms with E-state index in [9.17, 15) is 9.59 Å². The van der Waals surface area contributed by atoms with Crippen LogP contribution in [0.5, 0.6) is 0 Å². The first kappa shape index (κ1) is 31.6. The van der Waals surface area contributed by atoms with Gasteiger partial charge in [0.2, 0.25) is 0 Å². The van der Waals surface area contributed by atoms with E-state index >= 15 is 0 Å². The number of rotatable bonds is 14. The number of benzene rings is 4. The highest BCUT2D eigenvalue weighted by molar-refractivity contribution is 6.10. The van der Waals surface area contributed by atoms with Gasteiger partial charge in [0, 0.05) is 22.1 Å². The number of carbonyl (C=O) groups is 2. The summed E-state index contributed by atoms with van der Waals surface area (Å²) in [6, 6.07) is 32.7. The third-order valence-corrected chi connectivity index (χ3v) is 10.0. The quantitative estimate of drug-likeness (QED) is 0.138. The lowest BCUT2D eigenvalue weighted by molar-refractivity contribution is 0.0666. The van der Waals surface area contributed by atoms with Gasteiger partial charge in [-0.3, -0.25) is 14.5 Å². The molecule has 0 aromatic heterocycles. The monoisotopic (exact) mass is 585 g/mol. The number of Topliss-reactive ketones (excluding diaryl/α,β-unsaturated/α-hetero) is 1. The lowest BCUT2D eigenvalue weighted by atomic mass is 9.70. The van der Waals surface area contributed by atoms with Gasteiger partial charge in [-0.1, -0.05) is 131 Å². The average molecular weight is 586 g/mol. The summed E-state index contributed by atoms with van der Waals surface area (Å²) in [5.41, 5.74) is 7.43. The van der Waals surface area contributed by atoms with Crippen molar-refractivity contribution in [2.45, 2.75) is 83.1 Å². The number of ketones is 2. The number of hydrogen-bond acceptors (Lipinski definition) is 3. The molecule has 3 heteroatoms. The highest BCUT2D eigenvalue weighted by Gasteiger charge is 2.45. The van der Waals surface area contributed by atoms with Gasteiger partial charge < -0.3 is 0 Å². The first-order valence-electron chi connectivity index (χ1n) is 16.5. The number of fused-ring (bicyclic) bond motifs is 3. The highest BCUT2D eigenvalue weighted by atomic mass is 16.1. The van der Waals surface area contributed by atoms with E-state index in [1.54, 1.807) is 0 Å². The maximum absolute atomic E-state index is 14.7. The molecule has 228 valence electrons. The fraction of sp³-hybridized carbons (Fsp3) is 0.366. The Bertz CT molecular complexity index is 1600. The van der Waals surface area contributed by atoms with Crippen molar-refractivity contribution in [1.82, 2.24) is 4.90 Å². The molecular formula is C41H47NO2. The van der Waals surface area contributed by atoms with Crippen LogP contribution in [0.1, 0.15) is 109 Å². The number of unbranched alkanes of at least 4 members (excludes halogenated alkanes) is 2. The Balaban J connectivity index is 1.64. The van der Waals surface area contributed by atoms with E-state index in [1.807, 2.05) is 62.6 Å². The molecule has 0 N–H and O–H groups in total. The van der Waals surface area contributed by atoms with Crippen molar-refractivity contribution in [3.05, 3.63) is 130 Å². The van der Waals surface area contributed by atoms with Crippen LogP contribution in [0.25, 0.3) is 11.1 Å². The summed E-state index contributed by atoms with van der Waals surface area (Å²) in [6.45, 7) is 6.62. The molecule has 0 bridgehead atoms. The second-order valence-electron chi connectivity index (χ2n) is 12.8. The minimum Gasteiger partial charge on any atom is -0.297 e. The number of hydrogen-bond donors (Lipinski definition) is 0. The largest absolute Gasteiger partial charge is 0.297 e. The molecule has 1 atom stereocenters. The van der Waals surface area contributed by atoms with Gasteiger partial charge in [0.1, 0.15) is 0 Å². The molecular weight excluding hydrogens is 538 g/mol. The molecule has 1 aliphatic carbocycles. The standard InChI is InChI=1S/C41H47NO2/c1-6-9-25-40(26-10-7-2)36-27-32(38(43)31-19-15-12-16-20-31)21-23-34(36)35-24-22-33(28-37(35)40)39(44)41(8-3,42(4)5)29-30-17-13-11-14-18-30/h11-24,27-28H,6-10,25-26,29H2,1-5H3. The molecule has 3 nitrogen and oxygen atoms in total. The van der Waals surface area contributed by atoms with E-state index in [1.165, 1.54) is 27.8 Å². The van der Waals surface area contributed by atoms with Crippen LogP contribution in [0, 0.1) is 0 Å². The number of carbonyl (C=O) groups excluding carboxylic acids is 2. The Morgan fingerprint density at radius 3 is 1.70 bits per heavy atom. The molecule has 5 rings (SSSR count). The van der Waals surface area contributed by atoms with E-state index in [0.717, 1.165) is 49.7 Å². The van der Waals surface area contributed by atoms with Gasteiger partial charge in [-0.2, -0.15) is 0 Å². The summed E-state index contributed by atoms with van der Waals surface area (Å²) in [6.07, 6.45) is 7.74. The zero-order chi connectivity index (χ0) is 31.3. The maximum Gasteiger partial charge on any atom is 0.193 e. The Kier molecular flexibility index (Phi) is 9.65. The molecule has 0 amide bonds. The van der Waals surface area contributed by atoms with Gasteiger partial charge in [-0.15, -0.1) is 0 Å². The van der Waals surface area contributed by atoms with E-state index < -0.39 is 5.54 Å². The second-order valence-corrected chi connectivity index (χ2v) is 12.8. The Hall–Kier alpha value is -3.82. The van der Waals surface area contributed by atoms with E-state index in [4.69, 9.17) is 0 Å². The van der Waals surface area contributed by atoms with Gasteiger partial charge in [-0.25, -0.2) is 0 Å². The Labute approximate surface area is 264 Å². The van der Waals surface area contributed by atoms with E-state index in [0.29, 0.717) is 18.4 Å². The van der Waals surface area contributed by atoms with Crippen LogP contribution in [0.2, 0.25) is 0 Å². The molecule has 0 saturated heterocycles. The smallest absolute Gasteiger partial charge is 0.193 e. The van der Waals surface area contributed by atoms with Crippen molar-refractivity contribution in [2.24, 2.45) is 0 Å². The van der Waals surface area contributed by atoms with E-state index in [2.05, 4.69) is 74.2 Å². The highest BCUT2D eigenvalue weighted by Crippen LogP contribution is 2.55. The first-order chi connectivity index (χ1) is 21.3. The van der Waals surface area contributed by atoms with Gasteiger partial charge in [-0.05, 0) is 79.7 Å². The molecule has 0 fully saturated rings. The van der Waals surface area contributed by atoms with Crippen LogP contribution in [0.15, 0.2) is 97.1 Å². The van der Waals surface area contributed by atoms with Crippen molar-refractivity contribution >= 4 is 11.6 Å². The van der Waals surface area contributed by atoms with Crippen molar-refractivity contribution in [3.8, 4) is 11.1 Å². The van der Waals surface area contributed by atoms with Crippen LogP contribution in [-0.2, 0) is 11.8 Å². The van der Waals surface area contributed by atoms with Crippen molar-refractivity contribution in [2.75, 3.05) is 14.1 Å². The molecule has 0 heterocycles. The molecule has 0 radical (unpaired) electrons. The molecule has 44 heavy (non-hydrogen) atoms. The Morgan fingerprint density at radius 1 is 0.659 bits per heavy atom. The van der Waals surface area contributed by atoms with Gasteiger partial charge in [0.05, 0.1) is 5.54 Å². The van der Waals surface area contributed by atoms with Gasteiger partial charge in [0.15, 0.2) is 11.6 Å². The fourth-order valence-electron chi connectivity index (χ4n) is 7.40. The zero-order valence-corrected chi connectivity index (χ0v) is 27.2. The van der Waals surface area contributed by atoms with E-state index in [-0.39, 0.29) is 17.0 Å². The van der Waals surface area contributed by atoms with Crippen LogP contribution in [0.4, 0.5) is 0 Å². The fourth-order valence-corrected chi connectivity index (χ4v) is 7.40. The maximum atomic E-state index is 14.7. The topological polar surface area (TPSA) is 37.4 Å². The summed E-state index contributed by atoms with van der Waals surface area (Å²) in [4.78, 5) is 30.4. The second kappa shape index (κ2) is 13.4. The molecule has 0 spiro atoms. The van der Waals surface area contributed by atoms with Crippen LogP contribution in [0.3, 0.4) is 0 Å². The SMILES string of the molecule is CCCCC1(CCCC)c2cc(C(=O)c3ccccc3)ccc2-c2ccc(C(=O)C(CC)(Cc3ccccc3)N(C)C)cc21. The normalized spacial score (nSPS) is 14.6. The summed E-state index contributed by atoms with van der Waals surface area (Å²) < 4.78 is 0. The van der Waals surface area contributed by atoms with Gasteiger partial charge in [0.25, 0.3) is 0 Å². The lowest BCUT2D eigenvalue weighted by Crippen LogP contribution is -2.52. The third kappa shape index (κ3) is 5.71. The van der Waals surface area contributed by atoms with Crippen molar-refractivity contribution in [1.29, 1.82) is 0 Å². The Morgan fingerprint density at radius 2 is 1.18 bits per heavy atom. The van der Waals surface area contributed by atoms with Crippen LogP contribution < -0.4 is 0 Å². The molecule has 1 unspecified atom stereocenters. The molecule has 4 aromatic carbocycles. The van der Waals surface area contributed by atoms with Crippen molar-refractivity contribution in [3.63, 3.8) is 0 Å². The summed E-state index contributed by atoms with van der Waals surface area (Å²) in [5.74, 6) is 0.229. The number of likely N-dealkylation sites (N-methyl/N-ethyl adjacent to an activating group) is 1. The summed E-state index contributed by atoms with van der Waals surface area (Å²) >= 11 is 0. The molecule has 4 aromatic rings. The molecule has 0 aliphatic heterocycles. The minimum atomic E-state index is -0.647. The predicted molar refractivity (Wildman–Crippen MR) is 183 cm³/mol. The van der Waals surface area contributed by atoms with Crippen LogP contribution in [-0.4, -0.2) is 36.1 Å². The third-order valence-electron chi connectivity index (χ3n) is 10.0. The van der Waals surface area contributed by atoms with Crippen molar-refractivity contribution < 1.29 is 9.59 Å². The number of nitrogens with zero attached hydrogens (tertiary/aromatic N) is 1. The summed E-state index contributed by atoms with van der Waals surface area (Å²) in [7, 11) is 4.07. The minimum absolute atomic E-state index is 0.0553. The average Bonchev–Trinajstić information content (AvgIpc) is 3.33. The summed E-state index contributed by atoms with van der Waals surface area (Å²) in [5, 5.41) is 0.